The van der Waals surface area contributed by atoms with Crippen LogP contribution in [0.5, 0.6) is 5.75 Å². The zero-order valence-electron chi connectivity index (χ0n) is 15.7. The largest absolute Gasteiger partial charge is 0.508 e. The lowest BCUT2D eigenvalue weighted by molar-refractivity contribution is -0.139. The van der Waals surface area contributed by atoms with Crippen LogP contribution >= 0.6 is 0 Å². The van der Waals surface area contributed by atoms with Crippen LogP contribution in [-0.2, 0) is 23.1 Å². The van der Waals surface area contributed by atoms with Crippen LogP contribution in [0.1, 0.15) is 48.8 Å². The lowest BCUT2D eigenvalue weighted by Crippen LogP contribution is -2.62. The molecule has 0 aromatic heterocycles. The number of aromatic hydroxyl groups is 1. The first-order valence-corrected chi connectivity index (χ1v) is 10.3. The molecule has 2 fully saturated rings. The number of carbonyl (C=O) groups is 1. The van der Waals surface area contributed by atoms with Crippen LogP contribution in [0.3, 0.4) is 0 Å². The van der Waals surface area contributed by atoms with Crippen LogP contribution in [0, 0.1) is 5.92 Å². The van der Waals surface area contributed by atoms with Gasteiger partial charge in [0.05, 0.1) is 6.42 Å². The van der Waals surface area contributed by atoms with Crippen molar-refractivity contribution in [3.63, 3.8) is 0 Å². The van der Waals surface area contributed by atoms with E-state index in [1.54, 1.807) is 0 Å². The Morgan fingerprint density at radius 1 is 1.11 bits per heavy atom. The molecule has 1 heterocycles. The predicted molar refractivity (Wildman–Crippen MR) is 106 cm³/mol. The van der Waals surface area contributed by atoms with Gasteiger partial charge in [-0.1, -0.05) is 49.2 Å². The number of likely N-dealkylation sites (tertiary alicyclic amines) is 1. The number of fused-ring (bicyclic) bond motifs is 1. The van der Waals surface area contributed by atoms with E-state index >= 15 is 0 Å². The minimum atomic E-state index is 0.165. The Hall–Kier alpha value is -2.29. The van der Waals surface area contributed by atoms with Gasteiger partial charge in [-0.15, -0.1) is 0 Å². The standard InChI is InChI=1S/C24H27NO2/c26-19-10-9-18-15-22-20-8-4-5-11-24(20,21(18)16-19)12-13-25(22)23(27)14-17-6-2-1-3-7-17/h1-3,6-7,9-10,16,20,22,26H,4-5,8,11-15H2/t20-,22+,24+/m0/s1. The lowest BCUT2D eigenvalue weighted by atomic mass is 9.52. The maximum Gasteiger partial charge on any atom is 0.227 e. The van der Waals surface area contributed by atoms with Crippen molar-refractivity contribution in [1.29, 1.82) is 0 Å². The number of nitrogens with zero attached hydrogens (tertiary/aromatic N) is 1. The number of carbonyl (C=O) groups excluding carboxylic acids is 1. The Kier molecular flexibility index (Phi) is 3.99. The van der Waals surface area contributed by atoms with Crippen LogP contribution in [0.4, 0.5) is 0 Å². The number of benzene rings is 2. The first kappa shape index (κ1) is 16.9. The van der Waals surface area contributed by atoms with Crippen LogP contribution in [0.2, 0.25) is 0 Å². The predicted octanol–water partition coefficient (Wildman–Crippen LogP) is 4.22. The summed E-state index contributed by atoms with van der Waals surface area (Å²) in [4.78, 5) is 15.4. The third-order valence-electron chi connectivity index (χ3n) is 7.34. The quantitative estimate of drug-likeness (QED) is 0.870. The van der Waals surface area contributed by atoms with Crippen molar-refractivity contribution in [2.45, 2.75) is 56.4 Å². The molecule has 1 saturated heterocycles. The second-order valence-electron chi connectivity index (χ2n) is 8.62. The third kappa shape index (κ3) is 2.67. The van der Waals surface area contributed by atoms with E-state index < -0.39 is 0 Å². The fourth-order valence-corrected chi connectivity index (χ4v) is 6.17. The number of piperidine rings is 1. The molecule has 140 valence electrons. The Morgan fingerprint density at radius 3 is 2.81 bits per heavy atom. The van der Waals surface area contributed by atoms with Gasteiger partial charge in [-0.05, 0) is 60.4 Å². The minimum absolute atomic E-state index is 0.165. The number of rotatable bonds is 2. The number of hydrogen-bond donors (Lipinski definition) is 1. The van der Waals surface area contributed by atoms with Crippen molar-refractivity contribution in [3.05, 3.63) is 65.2 Å². The van der Waals surface area contributed by atoms with Crippen LogP contribution in [-0.4, -0.2) is 28.5 Å². The molecule has 1 amide bonds. The fourth-order valence-electron chi connectivity index (χ4n) is 6.17. The lowest BCUT2D eigenvalue weighted by Gasteiger charge is -2.59. The van der Waals surface area contributed by atoms with E-state index in [4.69, 9.17) is 0 Å². The van der Waals surface area contributed by atoms with E-state index in [9.17, 15) is 9.90 Å². The molecule has 1 N–H and O–H groups in total. The average Bonchev–Trinajstić information content (AvgIpc) is 2.69. The Balaban J connectivity index is 1.49. The molecule has 3 heteroatoms. The van der Waals surface area contributed by atoms with Crippen molar-refractivity contribution in [2.75, 3.05) is 6.54 Å². The molecule has 2 bridgehead atoms. The summed E-state index contributed by atoms with van der Waals surface area (Å²) in [6.45, 7) is 0.849. The Morgan fingerprint density at radius 2 is 1.96 bits per heavy atom. The molecule has 2 aromatic rings. The van der Waals surface area contributed by atoms with Crippen LogP contribution in [0.25, 0.3) is 0 Å². The van der Waals surface area contributed by atoms with Gasteiger partial charge in [0, 0.05) is 18.0 Å². The number of phenols is 1. The highest BCUT2D eigenvalue weighted by atomic mass is 16.3. The molecule has 0 spiro atoms. The molecule has 3 atom stereocenters. The normalized spacial score (nSPS) is 29.0. The van der Waals surface area contributed by atoms with E-state index in [1.165, 1.54) is 36.8 Å². The molecule has 1 saturated carbocycles. The van der Waals surface area contributed by atoms with E-state index in [-0.39, 0.29) is 11.3 Å². The maximum atomic E-state index is 13.2. The average molecular weight is 361 g/mol. The van der Waals surface area contributed by atoms with Crippen molar-refractivity contribution < 1.29 is 9.90 Å². The first-order valence-electron chi connectivity index (χ1n) is 10.3. The van der Waals surface area contributed by atoms with Gasteiger partial charge < -0.3 is 10.0 Å². The Bertz CT molecular complexity index is 862. The molecular weight excluding hydrogens is 334 g/mol. The topological polar surface area (TPSA) is 40.5 Å². The second-order valence-corrected chi connectivity index (χ2v) is 8.62. The SMILES string of the molecule is O=C(Cc1ccccc1)N1CC[C@]23CCCC[C@H]2[C@H]1Cc1ccc(O)cc13. The summed E-state index contributed by atoms with van der Waals surface area (Å²) in [5.41, 5.74) is 3.98. The molecule has 0 unspecified atom stereocenters. The smallest absolute Gasteiger partial charge is 0.227 e. The summed E-state index contributed by atoms with van der Waals surface area (Å²) < 4.78 is 0. The van der Waals surface area contributed by atoms with Gasteiger partial charge in [0.1, 0.15) is 5.75 Å². The maximum absolute atomic E-state index is 13.2. The molecular formula is C24H27NO2. The molecule has 2 aliphatic carbocycles. The fraction of sp³-hybridized carbons (Fsp3) is 0.458. The van der Waals surface area contributed by atoms with Gasteiger partial charge in [-0.2, -0.15) is 0 Å². The van der Waals surface area contributed by atoms with E-state index in [1.807, 2.05) is 42.5 Å². The number of amides is 1. The first-order chi connectivity index (χ1) is 13.2. The third-order valence-corrected chi connectivity index (χ3v) is 7.34. The van der Waals surface area contributed by atoms with Crippen molar-refractivity contribution in [2.24, 2.45) is 5.92 Å². The van der Waals surface area contributed by atoms with E-state index in [0.717, 1.165) is 24.9 Å². The number of hydrogen-bond acceptors (Lipinski definition) is 2. The highest BCUT2D eigenvalue weighted by Crippen LogP contribution is 2.56. The summed E-state index contributed by atoms with van der Waals surface area (Å²) in [7, 11) is 0. The van der Waals surface area contributed by atoms with Gasteiger partial charge in [0.15, 0.2) is 0 Å². The summed E-state index contributed by atoms with van der Waals surface area (Å²) >= 11 is 0. The molecule has 1 aliphatic heterocycles. The van der Waals surface area contributed by atoms with Gasteiger partial charge in [-0.3, -0.25) is 4.79 Å². The minimum Gasteiger partial charge on any atom is -0.508 e. The summed E-state index contributed by atoms with van der Waals surface area (Å²) in [6.07, 6.45) is 7.39. The zero-order valence-corrected chi connectivity index (χ0v) is 15.7. The van der Waals surface area contributed by atoms with Crippen molar-refractivity contribution in [3.8, 4) is 5.75 Å². The summed E-state index contributed by atoms with van der Waals surface area (Å²) in [5, 5.41) is 10.1. The Labute approximate surface area is 161 Å². The van der Waals surface area contributed by atoms with Gasteiger partial charge in [0.2, 0.25) is 5.91 Å². The van der Waals surface area contributed by atoms with Crippen molar-refractivity contribution >= 4 is 5.91 Å². The molecule has 27 heavy (non-hydrogen) atoms. The summed E-state index contributed by atoms with van der Waals surface area (Å²) in [6, 6.07) is 16.3. The van der Waals surface area contributed by atoms with Gasteiger partial charge >= 0.3 is 0 Å². The zero-order chi connectivity index (χ0) is 18.4. The van der Waals surface area contributed by atoms with E-state index in [2.05, 4.69) is 11.0 Å². The molecule has 2 aromatic carbocycles. The van der Waals surface area contributed by atoms with E-state index in [0.29, 0.717) is 24.1 Å². The molecule has 5 rings (SSSR count). The number of phenolic OH excluding ortho intramolecular Hbond substituents is 1. The van der Waals surface area contributed by atoms with Crippen LogP contribution in [0.15, 0.2) is 48.5 Å². The van der Waals surface area contributed by atoms with Gasteiger partial charge in [0.25, 0.3) is 0 Å². The highest BCUT2D eigenvalue weighted by molar-refractivity contribution is 5.79. The highest BCUT2D eigenvalue weighted by Gasteiger charge is 2.54. The second kappa shape index (κ2) is 6.40. The van der Waals surface area contributed by atoms with Gasteiger partial charge in [-0.25, -0.2) is 0 Å². The van der Waals surface area contributed by atoms with Crippen molar-refractivity contribution in [1.82, 2.24) is 4.90 Å². The molecule has 3 nitrogen and oxygen atoms in total. The molecule has 0 radical (unpaired) electrons. The summed E-state index contributed by atoms with van der Waals surface area (Å²) in [5.74, 6) is 1.19. The van der Waals surface area contributed by atoms with Crippen LogP contribution < -0.4 is 0 Å². The molecule has 3 aliphatic rings. The monoisotopic (exact) mass is 361 g/mol.